The van der Waals surface area contributed by atoms with Crippen LogP contribution >= 0.6 is 0 Å². The van der Waals surface area contributed by atoms with E-state index in [0.29, 0.717) is 17.3 Å². The molecule has 0 spiro atoms. The van der Waals surface area contributed by atoms with Crippen LogP contribution < -0.4 is 10.6 Å². The average Bonchev–Trinajstić information content (AvgIpc) is 2.94. The van der Waals surface area contributed by atoms with Gasteiger partial charge in [-0.15, -0.1) is 5.10 Å². The second-order valence-electron chi connectivity index (χ2n) is 7.82. The number of ether oxygens (including phenoxy) is 1. The highest BCUT2D eigenvalue weighted by atomic mass is 16.6. The molecule has 0 aliphatic heterocycles. The second kappa shape index (κ2) is 7.50. The molecule has 2 N–H and O–H groups in total. The first-order chi connectivity index (χ1) is 12.7. The zero-order valence-electron chi connectivity index (χ0n) is 16.2. The fourth-order valence-corrected chi connectivity index (χ4v) is 3.24. The van der Waals surface area contributed by atoms with E-state index in [0.717, 1.165) is 25.7 Å². The van der Waals surface area contributed by atoms with E-state index in [1.807, 2.05) is 20.8 Å². The van der Waals surface area contributed by atoms with Gasteiger partial charge in [0.25, 0.3) is 11.7 Å². The minimum atomic E-state index is -0.564. The molecule has 1 aliphatic rings. The number of rotatable bonds is 3. The molecule has 9 heteroatoms. The van der Waals surface area contributed by atoms with Crippen molar-refractivity contribution < 1.29 is 14.3 Å². The van der Waals surface area contributed by atoms with Crippen LogP contribution in [-0.2, 0) is 4.74 Å². The van der Waals surface area contributed by atoms with E-state index < -0.39 is 11.7 Å². The number of fused-ring (bicyclic) bond motifs is 1. The minimum absolute atomic E-state index is 0.174. The Bertz CT molecular complexity index is 841. The van der Waals surface area contributed by atoms with Crippen LogP contribution in [0.15, 0.2) is 12.3 Å². The summed E-state index contributed by atoms with van der Waals surface area (Å²) in [5.41, 5.74) is -0.201. The SMILES string of the molecule is Cc1nc2nccc(C(=O)NC3CCCCC3NC(=O)OC(C)(C)C)n2n1. The highest BCUT2D eigenvalue weighted by Gasteiger charge is 2.30. The van der Waals surface area contributed by atoms with Gasteiger partial charge in [-0.1, -0.05) is 12.8 Å². The lowest BCUT2D eigenvalue weighted by Crippen LogP contribution is -2.54. The van der Waals surface area contributed by atoms with Gasteiger partial charge in [-0.2, -0.15) is 9.50 Å². The maximum absolute atomic E-state index is 12.8. The van der Waals surface area contributed by atoms with Crippen molar-refractivity contribution in [2.24, 2.45) is 0 Å². The van der Waals surface area contributed by atoms with Gasteiger partial charge in [-0.05, 0) is 46.6 Å². The van der Waals surface area contributed by atoms with Crippen LogP contribution in [0.5, 0.6) is 0 Å². The van der Waals surface area contributed by atoms with E-state index in [-0.39, 0.29) is 18.0 Å². The van der Waals surface area contributed by atoms with Crippen molar-refractivity contribution in [3.63, 3.8) is 0 Å². The second-order valence-corrected chi connectivity index (χ2v) is 7.82. The molecule has 0 saturated heterocycles. The third-order valence-electron chi connectivity index (χ3n) is 4.36. The van der Waals surface area contributed by atoms with Crippen molar-refractivity contribution in [2.75, 3.05) is 0 Å². The van der Waals surface area contributed by atoms with Gasteiger partial charge >= 0.3 is 6.09 Å². The Hall–Kier alpha value is -2.71. The Labute approximate surface area is 157 Å². The summed E-state index contributed by atoms with van der Waals surface area (Å²) in [5.74, 6) is 0.660. The van der Waals surface area contributed by atoms with Crippen molar-refractivity contribution in [2.45, 2.75) is 71.1 Å². The summed E-state index contributed by atoms with van der Waals surface area (Å²) in [7, 11) is 0. The number of alkyl carbamates (subject to hydrolysis) is 1. The van der Waals surface area contributed by atoms with Crippen LogP contribution in [0.2, 0.25) is 0 Å². The zero-order chi connectivity index (χ0) is 19.6. The molecule has 2 amide bonds. The molecule has 3 rings (SSSR count). The minimum Gasteiger partial charge on any atom is -0.444 e. The van der Waals surface area contributed by atoms with E-state index >= 15 is 0 Å². The summed E-state index contributed by atoms with van der Waals surface area (Å²) in [6.07, 6.45) is 4.64. The van der Waals surface area contributed by atoms with Gasteiger partial charge in [0.2, 0.25) is 0 Å². The van der Waals surface area contributed by atoms with Gasteiger partial charge in [0.15, 0.2) is 0 Å². The molecular formula is C18H26N6O3. The third-order valence-corrected chi connectivity index (χ3v) is 4.36. The Morgan fingerprint density at radius 3 is 2.52 bits per heavy atom. The first-order valence-corrected chi connectivity index (χ1v) is 9.22. The van der Waals surface area contributed by atoms with Crippen molar-refractivity contribution >= 4 is 17.8 Å². The maximum Gasteiger partial charge on any atom is 0.407 e. The van der Waals surface area contributed by atoms with Gasteiger partial charge in [-0.25, -0.2) is 9.78 Å². The van der Waals surface area contributed by atoms with Crippen LogP contribution in [0.25, 0.3) is 5.78 Å². The number of nitrogens with zero attached hydrogens (tertiary/aromatic N) is 4. The van der Waals surface area contributed by atoms with Gasteiger partial charge in [0, 0.05) is 12.2 Å². The predicted molar refractivity (Wildman–Crippen MR) is 98.4 cm³/mol. The van der Waals surface area contributed by atoms with Crippen LogP contribution in [0.3, 0.4) is 0 Å². The van der Waals surface area contributed by atoms with Crippen LogP contribution in [0, 0.1) is 6.92 Å². The van der Waals surface area contributed by atoms with Crippen LogP contribution in [0.4, 0.5) is 4.79 Å². The van der Waals surface area contributed by atoms with Crippen LogP contribution in [0.1, 0.15) is 62.8 Å². The zero-order valence-corrected chi connectivity index (χ0v) is 16.2. The normalized spacial score (nSPS) is 20.3. The third kappa shape index (κ3) is 4.72. The number of carbonyl (C=O) groups excluding carboxylic acids is 2. The van der Waals surface area contributed by atoms with Crippen molar-refractivity contribution in [3.05, 3.63) is 23.8 Å². The molecule has 2 atom stereocenters. The van der Waals surface area contributed by atoms with E-state index in [9.17, 15) is 9.59 Å². The van der Waals surface area contributed by atoms with Crippen LogP contribution in [-0.4, -0.2) is 49.3 Å². The van der Waals surface area contributed by atoms with E-state index in [4.69, 9.17) is 4.74 Å². The molecule has 2 aromatic heterocycles. The molecule has 2 unspecified atom stereocenters. The summed E-state index contributed by atoms with van der Waals surface area (Å²) in [6.45, 7) is 7.21. The number of aryl methyl sites for hydroxylation is 1. The Kier molecular flexibility index (Phi) is 5.29. The van der Waals surface area contributed by atoms with Crippen molar-refractivity contribution in [3.8, 4) is 0 Å². The standard InChI is InChI=1S/C18H26N6O3/c1-11-20-16-19-10-9-14(24(16)23-11)15(25)21-12-7-5-6-8-13(12)22-17(26)27-18(2,3)4/h9-10,12-13H,5-8H2,1-4H3,(H,21,25)(H,22,26). The highest BCUT2D eigenvalue weighted by molar-refractivity contribution is 5.93. The molecule has 1 saturated carbocycles. The predicted octanol–water partition coefficient (Wildman–Crippen LogP) is 2.00. The Morgan fingerprint density at radius 1 is 1.19 bits per heavy atom. The Balaban J connectivity index is 1.71. The summed E-state index contributed by atoms with van der Waals surface area (Å²) in [6, 6.07) is 1.26. The van der Waals surface area contributed by atoms with Gasteiger partial charge in [-0.3, -0.25) is 4.79 Å². The quantitative estimate of drug-likeness (QED) is 0.850. The monoisotopic (exact) mass is 374 g/mol. The molecule has 27 heavy (non-hydrogen) atoms. The molecule has 0 radical (unpaired) electrons. The molecule has 2 heterocycles. The lowest BCUT2D eigenvalue weighted by atomic mass is 9.90. The fourth-order valence-electron chi connectivity index (χ4n) is 3.24. The smallest absolute Gasteiger partial charge is 0.407 e. The van der Waals surface area contributed by atoms with Gasteiger partial charge in [0.1, 0.15) is 17.1 Å². The summed E-state index contributed by atoms with van der Waals surface area (Å²) < 4.78 is 6.78. The topological polar surface area (TPSA) is 111 Å². The molecule has 146 valence electrons. The number of nitrogens with one attached hydrogen (secondary N) is 2. The Morgan fingerprint density at radius 2 is 1.85 bits per heavy atom. The highest BCUT2D eigenvalue weighted by Crippen LogP contribution is 2.20. The van der Waals surface area contributed by atoms with Crippen molar-refractivity contribution in [1.29, 1.82) is 0 Å². The van der Waals surface area contributed by atoms with Crippen molar-refractivity contribution in [1.82, 2.24) is 30.2 Å². The molecule has 0 bridgehead atoms. The number of carbonyl (C=O) groups is 2. The molecule has 0 aromatic carbocycles. The molecule has 1 fully saturated rings. The van der Waals surface area contributed by atoms with Gasteiger partial charge in [0.05, 0.1) is 6.04 Å². The van der Waals surface area contributed by atoms with E-state index in [2.05, 4.69) is 25.7 Å². The van der Waals surface area contributed by atoms with Gasteiger partial charge < -0.3 is 15.4 Å². The maximum atomic E-state index is 12.8. The number of amides is 2. The lowest BCUT2D eigenvalue weighted by molar-refractivity contribution is 0.0474. The van der Waals surface area contributed by atoms with E-state index in [1.165, 1.54) is 10.7 Å². The lowest BCUT2D eigenvalue weighted by Gasteiger charge is -2.33. The summed E-state index contributed by atoms with van der Waals surface area (Å²) in [4.78, 5) is 33.2. The molecular weight excluding hydrogens is 348 g/mol. The number of hydrogen-bond donors (Lipinski definition) is 2. The number of hydrogen-bond acceptors (Lipinski definition) is 6. The first-order valence-electron chi connectivity index (χ1n) is 9.22. The largest absolute Gasteiger partial charge is 0.444 e. The summed E-state index contributed by atoms with van der Waals surface area (Å²) >= 11 is 0. The fraction of sp³-hybridized carbons (Fsp3) is 0.611. The average molecular weight is 374 g/mol. The molecule has 9 nitrogen and oxygen atoms in total. The number of aromatic nitrogens is 4. The first kappa shape index (κ1) is 19.1. The molecule has 1 aliphatic carbocycles. The molecule has 2 aromatic rings. The van der Waals surface area contributed by atoms with E-state index in [1.54, 1.807) is 13.0 Å². The summed E-state index contributed by atoms with van der Waals surface area (Å²) in [5, 5.41) is 10.2.